The fraction of sp³-hybridized carbons (Fsp3) is 0.278. The van der Waals surface area contributed by atoms with E-state index in [-0.39, 0.29) is 11.7 Å². The molecule has 0 aliphatic heterocycles. The first-order valence-electron chi connectivity index (χ1n) is 8.36. The summed E-state index contributed by atoms with van der Waals surface area (Å²) in [5, 5.41) is 12.1. The summed E-state index contributed by atoms with van der Waals surface area (Å²) in [4.78, 5) is 12.3. The van der Waals surface area contributed by atoms with Crippen molar-refractivity contribution < 1.29 is 9.53 Å². The van der Waals surface area contributed by atoms with E-state index >= 15 is 0 Å². The molecule has 2 heterocycles. The van der Waals surface area contributed by atoms with Gasteiger partial charge in [0.15, 0.2) is 5.82 Å². The highest BCUT2D eigenvalue weighted by molar-refractivity contribution is 7.99. The van der Waals surface area contributed by atoms with Crippen molar-refractivity contribution in [3.8, 4) is 5.75 Å². The lowest BCUT2D eigenvalue weighted by molar-refractivity contribution is -0.113. The summed E-state index contributed by atoms with van der Waals surface area (Å²) in [5.41, 5.74) is 0.702. The van der Waals surface area contributed by atoms with Gasteiger partial charge in [-0.2, -0.15) is 0 Å². The van der Waals surface area contributed by atoms with E-state index in [0.717, 1.165) is 18.7 Å². The van der Waals surface area contributed by atoms with Crippen LogP contribution in [0.15, 0.2) is 53.9 Å². The molecule has 3 aromatic rings. The van der Waals surface area contributed by atoms with E-state index in [4.69, 9.17) is 4.74 Å². The Kier molecular flexibility index (Phi) is 5.96. The van der Waals surface area contributed by atoms with Gasteiger partial charge in [-0.15, -0.1) is 10.2 Å². The molecule has 2 aromatic heterocycles. The van der Waals surface area contributed by atoms with Crippen molar-refractivity contribution in [2.75, 3.05) is 18.2 Å². The van der Waals surface area contributed by atoms with E-state index in [2.05, 4.69) is 22.4 Å². The summed E-state index contributed by atoms with van der Waals surface area (Å²) in [6.07, 6.45) is 5.66. The second-order valence-corrected chi connectivity index (χ2v) is 6.53. The van der Waals surface area contributed by atoms with Gasteiger partial charge in [0.05, 0.1) is 12.9 Å². The first-order valence-corrected chi connectivity index (χ1v) is 9.34. The number of benzene rings is 1. The maximum atomic E-state index is 12.3. The van der Waals surface area contributed by atoms with Crippen molar-refractivity contribution in [1.29, 1.82) is 0 Å². The van der Waals surface area contributed by atoms with Crippen molar-refractivity contribution in [3.63, 3.8) is 0 Å². The molecule has 136 valence electrons. The highest BCUT2D eigenvalue weighted by atomic mass is 32.2. The smallest absolute Gasteiger partial charge is 0.234 e. The summed E-state index contributed by atoms with van der Waals surface area (Å²) in [5.74, 6) is 1.71. The lowest BCUT2D eigenvalue weighted by Gasteiger charge is -2.11. The van der Waals surface area contributed by atoms with E-state index < -0.39 is 0 Å². The molecular formula is C18H21N5O2S. The Bertz CT molecular complexity index is 860. The van der Waals surface area contributed by atoms with Crippen LogP contribution in [0.5, 0.6) is 5.75 Å². The van der Waals surface area contributed by atoms with Crippen LogP contribution in [-0.2, 0) is 11.2 Å². The summed E-state index contributed by atoms with van der Waals surface area (Å²) in [6.45, 7) is 2.10. The van der Waals surface area contributed by atoms with Gasteiger partial charge in [-0.05, 0) is 30.7 Å². The number of aromatic nitrogens is 4. The first kappa shape index (κ1) is 18.1. The third kappa shape index (κ3) is 4.26. The molecule has 0 radical (unpaired) electrons. The topological polar surface area (TPSA) is 74.0 Å². The zero-order chi connectivity index (χ0) is 18.4. The molecule has 0 unspecified atom stereocenters. The average Bonchev–Trinajstić information content (AvgIpc) is 3.30. The summed E-state index contributed by atoms with van der Waals surface area (Å²) in [7, 11) is 1.60. The average molecular weight is 371 g/mol. The molecule has 7 nitrogen and oxygen atoms in total. The number of rotatable bonds is 8. The summed E-state index contributed by atoms with van der Waals surface area (Å²) >= 11 is 1.35. The van der Waals surface area contributed by atoms with Crippen molar-refractivity contribution in [2.45, 2.75) is 24.9 Å². The van der Waals surface area contributed by atoms with Crippen LogP contribution in [0.25, 0.3) is 0 Å². The number of nitrogens with zero attached hydrogens (tertiary/aromatic N) is 4. The van der Waals surface area contributed by atoms with E-state index in [9.17, 15) is 4.79 Å². The minimum Gasteiger partial charge on any atom is -0.497 e. The fourth-order valence-corrected chi connectivity index (χ4v) is 3.24. The molecule has 0 fully saturated rings. The Morgan fingerprint density at radius 1 is 1.23 bits per heavy atom. The molecule has 0 aliphatic rings. The van der Waals surface area contributed by atoms with Crippen LogP contribution in [-0.4, -0.2) is 38.3 Å². The number of carbonyl (C=O) groups is 1. The van der Waals surface area contributed by atoms with Crippen LogP contribution < -0.4 is 10.1 Å². The largest absolute Gasteiger partial charge is 0.497 e. The van der Waals surface area contributed by atoms with E-state index in [0.29, 0.717) is 16.6 Å². The predicted octanol–water partition coefficient (Wildman–Crippen LogP) is 3.08. The van der Waals surface area contributed by atoms with Crippen molar-refractivity contribution >= 4 is 23.4 Å². The van der Waals surface area contributed by atoms with Gasteiger partial charge in [0, 0.05) is 30.6 Å². The lowest BCUT2D eigenvalue weighted by Crippen LogP contribution is -2.16. The highest BCUT2D eigenvalue weighted by Crippen LogP contribution is 2.20. The third-order valence-electron chi connectivity index (χ3n) is 3.66. The number of aryl methyl sites for hydroxylation is 1. The predicted molar refractivity (Wildman–Crippen MR) is 102 cm³/mol. The molecule has 1 N–H and O–H groups in total. The molecule has 1 aromatic carbocycles. The summed E-state index contributed by atoms with van der Waals surface area (Å²) < 4.78 is 9.03. The van der Waals surface area contributed by atoms with Crippen LogP contribution >= 0.6 is 11.8 Å². The zero-order valence-electron chi connectivity index (χ0n) is 14.8. The van der Waals surface area contributed by atoms with Gasteiger partial charge < -0.3 is 10.1 Å². The van der Waals surface area contributed by atoms with Gasteiger partial charge in [-0.1, -0.05) is 24.8 Å². The highest BCUT2D eigenvalue weighted by Gasteiger charge is 2.15. The van der Waals surface area contributed by atoms with Crippen molar-refractivity contribution in [1.82, 2.24) is 19.5 Å². The number of ether oxygens (including phenoxy) is 1. The Balaban J connectivity index is 1.68. The number of hydrogen-bond acceptors (Lipinski definition) is 5. The maximum Gasteiger partial charge on any atom is 0.234 e. The first-order chi connectivity index (χ1) is 12.7. The molecule has 0 atom stereocenters. The summed E-state index contributed by atoms with van der Waals surface area (Å²) in [6, 6.07) is 11.2. The van der Waals surface area contributed by atoms with Crippen LogP contribution in [0.4, 0.5) is 5.69 Å². The van der Waals surface area contributed by atoms with Gasteiger partial charge in [0.25, 0.3) is 0 Å². The number of thioether (sulfide) groups is 1. The van der Waals surface area contributed by atoms with Gasteiger partial charge in [-0.25, -0.2) is 4.68 Å². The normalized spacial score (nSPS) is 10.7. The molecule has 0 spiro atoms. The van der Waals surface area contributed by atoms with Crippen molar-refractivity contribution in [3.05, 3.63) is 54.6 Å². The molecule has 0 aliphatic carbocycles. The van der Waals surface area contributed by atoms with Crippen molar-refractivity contribution in [2.24, 2.45) is 0 Å². The molecule has 1 amide bonds. The Morgan fingerprint density at radius 2 is 2.04 bits per heavy atom. The third-order valence-corrected chi connectivity index (χ3v) is 4.58. The second-order valence-electron chi connectivity index (χ2n) is 5.59. The molecular weight excluding hydrogens is 350 g/mol. The van der Waals surface area contributed by atoms with Crippen LogP contribution in [0.2, 0.25) is 0 Å². The van der Waals surface area contributed by atoms with Gasteiger partial charge in [0.1, 0.15) is 5.75 Å². The van der Waals surface area contributed by atoms with Crippen LogP contribution in [0.1, 0.15) is 19.2 Å². The van der Waals surface area contributed by atoms with E-state index in [1.54, 1.807) is 13.2 Å². The maximum absolute atomic E-state index is 12.3. The molecule has 0 saturated carbocycles. The Morgan fingerprint density at radius 3 is 2.77 bits per heavy atom. The standard InChI is InChI=1S/C18H21N5O2S/c1-3-7-16-20-21-18(23(16)22-10-4-5-11-22)26-13-17(24)19-14-8-6-9-15(12-14)25-2/h4-6,8-12H,3,7,13H2,1-2H3,(H,19,24). The monoisotopic (exact) mass is 371 g/mol. The molecule has 0 bridgehead atoms. The Labute approximate surface area is 156 Å². The number of hydrogen-bond donors (Lipinski definition) is 1. The zero-order valence-corrected chi connectivity index (χ0v) is 15.6. The number of amides is 1. The molecule has 0 saturated heterocycles. The van der Waals surface area contributed by atoms with Crippen LogP contribution in [0, 0.1) is 0 Å². The number of anilines is 1. The quantitative estimate of drug-likeness (QED) is 0.616. The number of methoxy groups -OCH3 is 1. The lowest BCUT2D eigenvalue weighted by atomic mass is 10.3. The SMILES string of the molecule is CCCc1nnc(SCC(=O)Nc2cccc(OC)c2)n1-n1cccc1. The minimum absolute atomic E-state index is 0.109. The molecule has 26 heavy (non-hydrogen) atoms. The number of carbonyl (C=O) groups excluding carboxylic acids is 1. The molecule has 8 heteroatoms. The van der Waals surface area contributed by atoms with Gasteiger partial charge >= 0.3 is 0 Å². The Hall–Kier alpha value is -2.74. The van der Waals surface area contributed by atoms with E-state index in [1.165, 1.54) is 11.8 Å². The van der Waals surface area contributed by atoms with Gasteiger partial charge in [0.2, 0.25) is 11.1 Å². The minimum atomic E-state index is -0.109. The fourth-order valence-electron chi connectivity index (χ4n) is 2.48. The number of nitrogens with one attached hydrogen (secondary N) is 1. The van der Waals surface area contributed by atoms with Crippen LogP contribution in [0.3, 0.4) is 0 Å². The molecule has 3 rings (SSSR count). The second kappa shape index (κ2) is 8.57. The van der Waals surface area contributed by atoms with Gasteiger partial charge in [-0.3, -0.25) is 9.47 Å². The van der Waals surface area contributed by atoms with E-state index in [1.807, 2.05) is 52.1 Å².